The molecule has 0 fully saturated rings. The molecule has 1 aliphatic heterocycles. The summed E-state index contributed by atoms with van der Waals surface area (Å²) in [6.45, 7) is 2.16. The van der Waals surface area contributed by atoms with Crippen LogP contribution in [0.5, 0.6) is 0 Å². The first-order valence-electron chi connectivity index (χ1n) is 9.25. The number of carbonyl (C=O) groups excluding carboxylic acids is 3. The van der Waals surface area contributed by atoms with Crippen molar-refractivity contribution < 1.29 is 19.1 Å². The van der Waals surface area contributed by atoms with E-state index in [9.17, 15) is 14.4 Å². The average Bonchev–Trinajstić information content (AvgIpc) is 3.19. The molecule has 3 rings (SSSR count). The summed E-state index contributed by atoms with van der Waals surface area (Å²) in [5, 5.41) is 8.69. The first kappa shape index (κ1) is 20.1. The Hall–Kier alpha value is -3.68. The molecule has 0 aliphatic carbocycles. The Morgan fingerprint density at radius 1 is 1.17 bits per heavy atom. The normalized spacial score (nSPS) is 15.6. The molecule has 1 heterocycles. The summed E-state index contributed by atoms with van der Waals surface area (Å²) in [6, 6.07) is 15.2. The van der Waals surface area contributed by atoms with Gasteiger partial charge >= 0.3 is 5.97 Å². The van der Waals surface area contributed by atoms with Crippen molar-refractivity contribution in [2.24, 2.45) is 10.8 Å². The molecule has 1 unspecified atom stereocenters. The van der Waals surface area contributed by atoms with Crippen molar-refractivity contribution in [1.82, 2.24) is 5.32 Å². The van der Waals surface area contributed by atoms with Crippen LogP contribution in [0.1, 0.15) is 29.3 Å². The summed E-state index contributed by atoms with van der Waals surface area (Å²) in [4.78, 5) is 36.3. The minimum atomic E-state index is -0.684. The van der Waals surface area contributed by atoms with Gasteiger partial charge in [-0.05, 0) is 36.8 Å². The Kier molecular flexibility index (Phi) is 6.23. The molecule has 3 N–H and O–H groups in total. The highest BCUT2D eigenvalue weighted by molar-refractivity contribution is 6.38. The van der Waals surface area contributed by atoms with Crippen LogP contribution in [0.3, 0.4) is 0 Å². The third-order valence-electron chi connectivity index (χ3n) is 4.42. The van der Waals surface area contributed by atoms with Crippen LogP contribution >= 0.6 is 0 Å². The summed E-state index contributed by atoms with van der Waals surface area (Å²) in [5.74, 6) is -1.35. The fourth-order valence-electron chi connectivity index (χ4n) is 3.01. The molecule has 0 saturated heterocycles. The second-order valence-electron chi connectivity index (χ2n) is 6.45. The molecule has 29 heavy (non-hydrogen) atoms. The van der Waals surface area contributed by atoms with E-state index in [0.29, 0.717) is 11.3 Å². The second-order valence-corrected chi connectivity index (χ2v) is 6.45. The van der Waals surface area contributed by atoms with Crippen LogP contribution in [-0.2, 0) is 20.9 Å². The van der Waals surface area contributed by atoms with E-state index in [1.807, 2.05) is 30.3 Å². The van der Waals surface area contributed by atoms with Gasteiger partial charge in [0.2, 0.25) is 11.8 Å². The van der Waals surface area contributed by atoms with E-state index >= 15 is 0 Å². The summed E-state index contributed by atoms with van der Waals surface area (Å²) < 4.78 is 5.03. The van der Waals surface area contributed by atoms with E-state index in [1.165, 1.54) is 5.01 Å². The number of anilines is 1. The number of ether oxygens (including phenoxy) is 1. The number of benzene rings is 2. The van der Waals surface area contributed by atoms with Gasteiger partial charge < -0.3 is 15.8 Å². The van der Waals surface area contributed by atoms with Gasteiger partial charge in [-0.25, -0.2) is 4.79 Å². The third-order valence-corrected chi connectivity index (χ3v) is 4.42. The van der Waals surface area contributed by atoms with E-state index in [0.717, 1.165) is 5.56 Å². The van der Waals surface area contributed by atoms with Crippen molar-refractivity contribution in [3.8, 4) is 0 Å². The van der Waals surface area contributed by atoms with Gasteiger partial charge in [-0.1, -0.05) is 30.3 Å². The van der Waals surface area contributed by atoms with Crippen LogP contribution in [0.2, 0.25) is 0 Å². The largest absolute Gasteiger partial charge is 0.461 e. The van der Waals surface area contributed by atoms with Gasteiger partial charge in [0.1, 0.15) is 11.8 Å². The number of primary amides is 1. The monoisotopic (exact) mass is 394 g/mol. The number of nitrogens with one attached hydrogen (secondary N) is 1. The van der Waals surface area contributed by atoms with Gasteiger partial charge in [0.25, 0.3) is 0 Å². The van der Waals surface area contributed by atoms with Gasteiger partial charge in [0.05, 0.1) is 12.3 Å². The minimum absolute atomic E-state index is 0.140. The minimum Gasteiger partial charge on any atom is -0.461 e. The molecule has 0 aromatic heterocycles. The van der Waals surface area contributed by atoms with Gasteiger partial charge in [-0.2, -0.15) is 5.10 Å². The van der Waals surface area contributed by atoms with Crippen molar-refractivity contribution in [1.29, 1.82) is 0 Å². The maximum absolute atomic E-state index is 12.9. The van der Waals surface area contributed by atoms with E-state index in [2.05, 4.69) is 10.4 Å². The number of para-hydroxylation sites is 1. The van der Waals surface area contributed by atoms with Crippen LogP contribution < -0.4 is 16.1 Å². The Bertz CT molecular complexity index is 943. The lowest BCUT2D eigenvalue weighted by Gasteiger charge is -2.22. The lowest BCUT2D eigenvalue weighted by Crippen LogP contribution is -2.42. The molecule has 0 saturated carbocycles. The number of nitrogens with two attached hydrogens (primary N) is 1. The van der Waals surface area contributed by atoms with E-state index in [1.54, 1.807) is 31.2 Å². The van der Waals surface area contributed by atoms with Crippen LogP contribution in [-0.4, -0.2) is 36.1 Å². The predicted octanol–water partition coefficient (Wildman–Crippen LogP) is 1.60. The summed E-state index contributed by atoms with van der Waals surface area (Å²) >= 11 is 0. The SMILES string of the molecule is CCOC(=O)C1=NN(c2ccccc2)C(C(=O)NCc2cccc(C(N)=O)c2)C1. The van der Waals surface area contributed by atoms with Crippen molar-refractivity contribution in [2.75, 3.05) is 11.6 Å². The number of nitrogens with zero attached hydrogens (tertiary/aromatic N) is 2. The molecule has 8 heteroatoms. The number of amides is 2. The van der Waals surface area contributed by atoms with Crippen LogP contribution in [0.15, 0.2) is 59.7 Å². The first-order valence-corrected chi connectivity index (χ1v) is 9.25. The molecule has 0 bridgehead atoms. The molecule has 2 aromatic rings. The summed E-state index contributed by atoms with van der Waals surface area (Å²) in [5.41, 5.74) is 7.31. The highest BCUT2D eigenvalue weighted by Crippen LogP contribution is 2.25. The lowest BCUT2D eigenvalue weighted by atomic mass is 10.1. The molecular weight excluding hydrogens is 372 g/mol. The van der Waals surface area contributed by atoms with E-state index in [-0.39, 0.29) is 31.2 Å². The standard InChI is InChI=1S/C21H22N4O4/c1-2-29-21(28)17-12-18(25(24-17)16-9-4-3-5-10-16)20(27)23-13-14-7-6-8-15(11-14)19(22)26/h3-11,18H,2,12-13H2,1H3,(H2,22,26)(H,23,27). The lowest BCUT2D eigenvalue weighted by molar-refractivity contribution is -0.135. The van der Waals surface area contributed by atoms with E-state index in [4.69, 9.17) is 10.5 Å². The molecule has 150 valence electrons. The number of hydrogen-bond acceptors (Lipinski definition) is 6. The van der Waals surface area contributed by atoms with Gasteiger partial charge in [0.15, 0.2) is 0 Å². The van der Waals surface area contributed by atoms with Crippen molar-refractivity contribution in [3.63, 3.8) is 0 Å². The predicted molar refractivity (Wildman–Crippen MR) is 108 cm³/mol. The Labute approximate surface area is 168 Å². The van der Waals surface area contributed by atoms with E-state index < -0.39 is 17.9 Å². The molecule has 2 amide bonds. The van der Waals surface area contributed by atoms with Crippen molar-refractivity contribution in [2.45, 2.75) is 25.9 Å². The molecule has 8 nitrogen and oxygen atoms in total. The first-order chi connectivity index (χ1) is 14.0. The highest BCUT2D eigenvalue weighted by atomic mass is 16.5. The topological polar surface area (TPSA) is 114 Å². The van der Waals surface area contributed by atoms with Crippen LogP contribution in [0, 0.1) is 0 Å². The number of hydrazone groups is 1. The van der Waals surface area contributed by atoms with Crippen LogP contribution in [0.4, 0.5) is 5.69 Å². The summed E-state index contributed by atoms with van der Waals surface area (Å²) in [6.07, 6.45) is 0.140. The molecule has 2 aromatic carbocycles. The second kappa shape index (κ2) is 9.01. The fourth-order valence-corrected chi connectivity index (χ4v) is 3.01. The zero-order chi connectivity index (χ0) is 20.8. The highest BCUT2D eigenvalue weighted by Gasteiger charge is 2.36. The average molecular weight is 394 g/mol. The molecule has 1 atom stereocenters. The number of esters is 1. The Balaban J connectivity index is 1.75. The quantitative estimate of drug-likeness (QED) is 0.693. The number of carbonyl (C=O) groups is 3. The zero-order valence-corrected chi connectivity index (χ0v) is 16.0. The molecule has 1 aliphatic rings. The number of rotatable bonds is 7. The number of hydrogen-bond donors (Lipinski definition) is 2. The van der Waals surface area contributed by atoms with Crippen molar-refractivity contribution >= 4 is 29.2 Å². The molecule has 0 radical (unpaired) electrons. The maximum Gasteiger partial charge on any atom is 0.354 e. The smallest absolute Gasteiger partial charge is 0.354 e. The van der Waals surface area contributed by atoms with Gasteiger partial charge in [0, 0.05) is 18.5 Å². The van der Waals surface area contributed by atoms with Gasteiger partial charge in [-0.3, -0.25) is 14.6 Å². The molecule has 0 spiro atoms. The molecular formula is C21H22N4O4. The van der Waals surface area contributed by atoms with Crippen LogP contribution in [0.25, 0.3) is 0 Å². The summed E-state index contributed by atoms with van der Waals surface area (Å²) in [7, 11) is 0. The third kappa shape index (κ3) is 4.78. The zero-order valence-electron chi connectivity index (χ0n) is 16.0. The Morgan fingerprint density at radius 3 is 2.62 bits per heavy atom. The Morgan fingerprint density at radius 2 is 1.93 bits per heavy atom. The maximum atomic E-state index is 12.9. The fraction of sp³-hybridized carbons (Fsp3) is 0.238. The van der Waals surface area contributed by atoms with Crippen molar-refractivity contribution in [3.05, 3.63) is 65.7 Å². The van der Waals surface area contributed by atoms with Gasteiger partial charge in [-0.15, -0.1) is 0 Å².